The fraction of sp³-hybridized carbons (Fsp3) is 0.273. The molecule has 0 aromatic heterocycles. The highest BCUT2D eigenvalue weighted by atomic mass is 79.9. The Morgan fingerprint density at radius 1 is 1.07 bits per heavy atom. The Bertz CT molecular complexity index is 886. The molecule has 2 aromatic carbocycles. The highest BCUT2D eigenvalue weighted by Gasteiger charge is 2.29. The van der Waals surface area contributed by atoms with E-state index in [1.807, 2.05) is 30.3 Å². The first-order valence-corrected chi connectivity index (χ1v) is 10.9. The number of thioether (sulfide) groups is 1. The molecule has 3 nitrogen and oxygen atoms in total. The molecule has 0 aliphatic carbocycles. The number of hydrogen-bond acceptors (Lipinski definition) is 3. The summed E-state index contributed by atoms with van der Waals surface area (Å²) in [5.74, 6) is 0.582. The number of aliphatic imine (C=N–C) groups is 1. The van der Waals surface area contributed by atoms with Crippen LogP contribution in [0.1, 0.15) is 24.0 Å². The van der Waals surface area contributed by atoms with Gasteiger partial charge >= 0.3 is 0 Å². The van der Waals surface area contributed by atoms with Crippen molar-refractivity contribution in [1.82, 2.24) is 4.90 Å². The van der Waals surface area contributed by atoms with Crippen molar-refractivity contribution in [2.24, 2.45) is 10.9 Å². The minimum Gasteiger partial charge on any atom is -0.351 e. The number of piperidine rings is 1. The van der Waals surface area contributed by atoms with Gasteiger partial charge in [0.25, 0.3) is 5.91 Å². The molecule has 0 unspecified atom stereocenters. The number of nitrogens with zero attached hydrogens (tertiary/aromatic N) is 2. The Morgan fingerprint density at radius 3 is 2.52 bits per heavy atom. The van der Waals surface area contributed by atoms with Gasteiger partial charge in [-0.1, -0.05) is 64.5 Å². The number of carbonyl (C=O) groups is 1. The summed E-state index contributed by atoms with van der Waals surface area (Å²) in [7, 11) is 0. The Morgan fingerprint density at radius 2 is 1.78 bits per heavy atom. The summed E-state index contributed by atoms with van der Waals surface area (Å²) < 4.78 is 0.987. The summed E-state index contributed by atoms with van der Waals surface area (Å²) in [5, 5.41) is 0.858. The first kappa shape index (κ1) is 18.5. The Kier molecular flexibility index (Phi) is 5.79. The lowest BCUT2D eigenvalue weighted by molar-refractivity contribution is -0.113. The number of halogens is 1. The molecule has 2 aliphatic rings. The average Bonchev–Trinajstić information content (AvgIpc) is 3.05. The third-order valence-electron chi connectivity index (χ3n) is 5.05. The van der Waals surface area contributed by atoms with Crippen LogP contribution in [0.5, 0.6) is 0 Å². The van der Waals surface area contributed by atoms with Gasteiger partial charge in [0.15, 0.2) is 5.17 Å². The maximum atomic E-state index is 12.3. The van der Waals surface area contributed by atoms with Crippen LogP contribution in [0, 0.1) is 5.92 Å². The Balaban J connectivity index is 1.36. The predicted molar refractivity (Wildman–Crippen MR) is 117 cm³/mol. The lowest BCUT2D eigenvalue weighted by Gasteiger charge is -2.32. The zero-order chi connectivity index (χ0) is 18.6. The van der Waals surface area contributed by atoms with Crippen LogP contribution in [0.3, 0.4) is 0 Å². The summed E-state index contributed by atoms with van der Waals surface area (Å²) in [5.41, 5.74) is 2.42. The van der Waals surface area contributed by atoms with Crippen molar-refractivity contribution >= 4 is 44.8 Å². The molecular formula is C22H21BrN2OS. The van der Waals surface area contributed by atoms with Gasteiger partial charge in [0.05, 0.1) is 4.91 Å². The van der Waals surface area contributed by atoms with Gasteiger partial charge in [-0.2, -0.15) is 4.99 Å². The van der Waals surface area contributed by atoms with Crippen molar-refractivity contribution in [3.05, 3.63) is 75.1 Å². The molecule has 5 heteroatoms. The largest absolute Gasteiger partial charge is 0.351 e. The van der Waals surface area contributed by atoms with Crippen molar-refractivity contribution in [3.8, 4) is 0 Å². The maximum absolute atomic E-state index is 12.3. The van der Waals surface area contributed by atoms with E-state index in [0.29, 0.717) is 10.8 Å². The third-order valence-corrected chi connectivity index (χ3v) is 6.82. The third kappa shape index (κ3) is 4.53. The molecule has 0 spiro atoms. The minimum absolute atomic E-state index is 0.128. The number of benzene rings is 2. The Labute approximate surface area is 172 Å². The SMILES string of the molecule is O=C1N=C(N2CCC(Cc3ccccc3)CC2)S/C1=C\c1ccccc1Br. The van der Waals surface area contributed by atoms with Gasteiger partial charge < -0.3 is 4.90 Å². The first-order chi connectivity index (χ1) is 13.2. The van der Waals surface area contributed by atoms with Crippen molar-refractivity contribution in [2.45, 2.75) is 19.3 Å². The van der Waals surface area contributed by atoms with Gasteiger partial charge in [-0.3, -0.25) is 4.79 Å². The number of amides is 1. The second-order valence-electron chi connectivity index (χ2n) is 6.95. The quantitative estimate of drug-likeness (QED) is 0.600. The van der Waals surface area contributed by atoms with Gasteiger partial charge in [-0.05, 0) is 60.2 Å². The van der Waals surface area contributed by atoms with Crippen LogP contribution in [0.15, 0.2) is 69.0 Å². The summed E-state index contributed by atoms with van der Waals surface area (Å²) in [6, 6.07) is 18.6. The lowest BCUT2D eigenvalue weighted by atomic mass is 9.90. The molecule has 1 fully saturated rings. The molecule has 27 heavy (non-hydrogen) atoms. The van der Waals surface area contributed by atoms with E-state index in [4.69, 9.17) is 0 Å². The maximum Gasteiger partial charge on any atom is 0.286 e. The predicted octanol–water partition coefficient (Wildman–Crippen LogP) is 5.37. The zero-order valence-corrected chi connectivity index (χ0v) is 17.4. The lowest BCUT2D eigenvalue weighted by Crippen LogP contribution is -2.37. The second-order valence-corrected chi connectivity index (χ2v) is 8.82. The molecule has 0 bridgehead atoms. The molecule has 138 valence electrons. The first-order valence-electron chi connectivity index (χ1n) is 9.25. The van der Waals surface area contributed by atoms with E-state index in [1.165, 1.54) is 17.3 Å². The van der Waals surface area contributed by atoms with Crippen molar-refractivity contribution in [3.63, 3.8) is 0 Å². The van der Waals surface area contributed by atoms with Gasteiger partial charge in [-0.25, -0.2) is 0 Å². The summed E-state index contributed by atoms with van der Waals surface area (Å²) >= 11 is 5.04. The molecule has 2 aliphatic heterocycles. The molecule has 1 saturated heterocycles. The van der Waals surface area contributed by atoms with Crippen LogP contribution in [0.4, 0.5) is 0 Å². The van der Waals surface area contributed by atoms with Gasteiger partial charge in [0, 0.05) is 17.6 Å². The minimum atomic E-state index is -0.128. The molecule has 0 radical (unpaired) electrons. The van der Waals surface area contributed by atoms with Crippen LogP contribution < -0.4 is 0 Å². The average molecular weight is 441 g/mol. The van der Waals surface area contributed by atoms with E-state index in [9.17, 15) is 4.79 Å². The van der Waals surface area contributed by atoms with E-state index in [-0.39, 0.29) is 5.91 Å². The number of likely N-dealkylation sites (tertiary alicyclic amines) is 1. The summed E-state index contributed by atoms with van der Waals surface area (Å²) in [4.78, 5) is 19.6. The Hall–Kier alpha value is -1.85. The fourth-order valence-electron chi connectivity index (χ4n) is 3.54. The summed E-state index contributed by atoms with van der Waals surface area (Å²) in [6.45, 7) is 1.94. The van der Waals surface area contributed by atoms with E-state index >= 15 is 0 Å². The van der Waals surface area contributed by atoms with Crippen molar-refractivity contribution in [2.75, 3.05) is 13.1 Å². The van der Waals surface area contributed by atoms with Crippen LogP contribution in [0.2, 0.25) is 0 Å². The van der Waals surface area contributed by atoms with Crippen LogP contribution in [-0.4, -0.2) is 29.1 Å². The number of carbonyl (C=O) groups excluding carboxylic acids is 1. The molecule has 4 rings (SSSR count). The molecule has 1 amide bonds. The molecule has 2 aromatic rings. The van der Waals surface area contributed by atoms with Crippen molar-refractivity contribution < 1.29 is 4.79 Å². The van der Waals surface area contributed by atoms with Gasteiger partial charge in [0.1, 0.15) is 0 Å². The molecule has 0 saturated carbocycles. The molecular weight excluding hydrogens is 420 g/mol. The van der Waals surface area contributed by atoms with Gasteiger partial charge in [-0.15, -0.1) is 0 Å². The van der Waals surface area contributed by atoms with Gasteiger partial charge in [0.2, 0.25) is 0 Å². The van der Waals surface area contributed by atoms with Crippen LogP contribution in [0.25, 0.3) is 6.08 Å². The fourth-order valence-corrected chi connectivity index (χ4v) is 4.90. The smallest absolute Gasteiger partial charge is 0.286 e. The second kappa shape index (κ2) is 8.44. The number of rotatable bonds is 3. The van der Waals surface area contributed by atoms with Crippen LogP contribution in [-0.2, 0) is 11.2 Å². The zero-order valence-electron chi connectivity index (χ0n) is 15.0. The highest BCUT2D eigenvalue weighted by Crippen LogP contribution is 2.33. The van der Waals surface area contributed by atoms with E-state index in [0.717, 1.165) is 47.6 Å². The highest BCUT2D eigenvalue weighted by molar-refractivity contribution is 9.10. The van der Waals surface area contributed by atoms with E-state index in [2.05, 4.69) is 56.2 Å². The van der Waals surface area contributed by atoms with E-state index < -0.39 is 0 Å². The van der Waals surface area contributed by atoms with Crippen molar-refractivity contribution in [1.29, 1.82) is 0 Å². The number of amidine groups is 1. The number of hydrogen-bond donors (Lipinski definition) is 0. The van der Waals surface area contributed by atoms with E-state index in [1.54, 1.807) is 0 Å². The normalized spacial score (nSPS) is 19.6. The molecule has 2 heterocycles. The topological polar surface area (TPSA) is 32.7 Å². The standard InChI is InChI=1S/C22H21BrN2OS/c23-19-9-5-4-8-18(19)15-20-21(26)24-22(27-20)25-12-10-17(11-13-25)14-16-6-2-1-3-7-16/h1-9,15,17H,10-14H2/b20-15-. The summed E-state index contributed by atoms with van der Waals surface area (Å²) in [6.07, 6.45) is 5.36. The monoisotopic (exact) mass is 440 g/mol. The molecule has 0 atom stereocenters. The van der Waals surface area contributed by atoms with Crippen LogP contribution >= 0.6 is 27.7 Å². The molecule has 0 N–H and O–H groups in total.